The minimum Gasteiger partial charge on any atom is -0.481 e. The molecule has 1 aromatic heterocycles. The van der Waals surface area contributed by atoms with Crippen molar-refractivity contribution in [2.24, 2.45) is 62.6 Å². The molecule has 6 aliphatic carbocycles. The van der Waals surface area contributed by atoms with E-state index in [0.717, 1.165) is 43.3 Å². The molecule has 0 radical (unpaired) electrons. The van der Waals surface area contributed by atoms with Crippen LogP contribution in [0.25, 0.3) is 0 Å². The number of esters is 1. The van der Waals surface area contributed by atoms with Crippen molar-refractivity contribution < 1.29 is 33.8 Å². The Morgan fingerprint density at radius 3 is 2.20 bits per heavy atom. The molecule has 11 heteroatoms. The van der Waals surface area contributed by atoms with Crippen LogP contribution in [-0.2, 0) is 34.2 Å². The SMILES string of the molecule is CC(C)C1=C2C(CC1=O)[C@@H](C(=O)C(=O)NC1(c3ncc(Cl)cn3)CC1)C[C@]1(C)[C@@H]2CC[C@@H]2[C@@]3(C)CC[C@H](OC(=O)CC(C)(C)C(=O)O)C(C)(C)[C@@H]3CC[C@]21C. The van der Waals surface area contributed by atoms with Crippen LogP contribution in [0.1, 0.15) is 139 Å². The lowest BCUT2D eigenvalue weighted by Gasteiger charge is -2.72. The van der Waals surface area contributed by atoms with E-state index in [1.165, 1.54) is 12.4 Å². The summed E-state index contributed by atoms with van der Waals surface area (Å²) in [6, 6.07) is 0. The Morgan fingerprint density at radius 1 is 0.945 bits per heavy atom. The highest BCUT2D eigenvalue weighted by Crippen LogP contribution is 2.76. The fourth-order valence-corrected chi connectivity index (χ4v) is 13.4. The number of Topliss-reactive ketones (excluding diaryl/α,β-unsaturated/α-hetero) is 2. The second-order valence-corrected chi connectivity index (χ2v) is 20.9. The molecule has 0 bridgehead atoms. The van der Waals surface area contributed by atoms with Crippen molar-refractivity contribution in [3.05, 3.63) is 34.4 Å². The number of allylic oxidation sites excluding steroid dienone is 2. The van der Waals surface area contributed by atoms with Crippen LogP contribution in [0, 0.1) is 62.6 Å². The summed E-state index contributed by atoms with van der Waals surface area (Å²) < 4.78 is 6.15. The Kier molecular flexibility index (Phi) is 9.62. The number of hydrogen-bond acceptors (Lipinski definition) is 8. The lowest BCUT2D eigenvalue weighted by Crippen LogP contribution is -2.66. The van der Waals surface area contributed by atoms with Gasteiger partial charge in [-0.15, -0.1) is 0 Å². The molecule has 1 aromatic rings. The topological polar surface area (TPSA) is 153 Å². The van der Waals surface area contributed by atoms with Crippen molar-refractivity contribution in [1.82, 2.24) is 15.3 Å². The standard InChI is InChI=1S/C44H60ClN3O7/c1-23(2)33-28(49)18-25-26(35(51)36(52)48-44(16-17-44)37-46-21-24(45)22-47-37)19-43(9)27(34(25)33)10-11-30-41(7)14-13-31(55-32(50)20-39(3,4)38(53)54)40(5,6)29(41)12-15-42(30,43)8/h21-23,25-27,29-31H,10-20H2,1-9H3,(H,48,52)(H,53,54)/t25?,26-,27+,29-,30+,31-,41-,42+,43+/m0/s1. The lowest BCUT2D eigenvalue weighted by molar-refractivity contribution is -0.234. The summed E-state index contributed by atoms with van der Waals surface area (Å²) in [6.45, 7) is 18.9. The molecule has 0 spiro atoms. The van der Waals surface area contributed by atoms with Gasteiger partial charge in [0.25, 0.3) is 5.91 Å². The van der Waals surface area contributed by atoms with E-state index in [1.54, 1.807) is 13.8 Å². The number of halogens is 1. The lowest BCUT2D eigenvalue weighted by atomic mass is 9.33. The number of fused-ring (bicyclic) bond motifs is 7. The van der Waals surface area contributed by atoms with Gasteiger partial charge in [-0.1, -0.05) is 65.6 Å². The van der Waals surface area contributed by atoms with Crippen LogP contribution in [-0.4, -0.2) is 50.6 Å². The summed E-state index contributed by atoms with van der Waals surface area (Å²) in [6.07, 6.45) is 10.0. The van der Waals surface area contributed by atoms with Gasteiger partial charge in [-0.25, -0.2) is 9.97 Å². The van der Waals surface area contributed by atoms with Gasteiger partial charge in [0.1, 0.15) is 11.6 Å². The first kappa shape index (κ1) is 40.1. The fraction of sp³-hybridized carbons (Fsp3) is 0.750. The predicted molar refractivity (Wildman–Crippen MR) is 206 cm³/mol. The molecule has 7 rings (SSSR count). The molecule has 0 aromatic carbocycles. The third kappa shape index (κ3) is 6.12. The molecule has 1 heterocycles. The van der Waals surface area contributed by atoms with E-state index in [0.29, 0.717) is 42.4 Å². The van der Waals surface area contributed by atoms with Crippen LogP contribution in [0.2, 0.25) is 5.02 Å². The third-order valence-electron chi connectivity index (χ3n) is 16.5. The van der Waals surface area contributed by atoms with Crippen LogP contribution in [0.15, 0.2) is 23.5 Å². The number of carbonyl (C=O) groups excluding carboxylic acids is 4. The normalized spacial score (nSPS) is 37.3. The summed E-state index contributed by atoms with van der Waals surface area (Å²) in [5, 5.41) is 13.1. The van der Waals surface area contributed by atoms with Crippen molar-refractivity contribution >= 4 is 41.0 Å². The van der Waals surface area contributed by atoms with Crippen molar-refractivity contribution in [2.45, 2.75) is 145 Å². The summed E-state index contributed by atoms with van der Waals surface area (Å²) in [7, 11) is 0. The number of nitrogens with one attached hydrogen (secondary N) is 1. The molecule has 2 N–H and O–H groups in total. The zero-order valence-electron chi connectivity index (χ0n) is 34.1. The van der Waals surface area contributed by atoms with Crippen molar-refractivity contribution in [2.75, 3.05) is 0 Å². The van der Waals surface area contributed by atoms with Gasteiger partial charge in [0.15, 0.2) is 11.6 Å². The molecule has 5 saturated carbocycles. The maximum atomic E-state index is 14.6. The molecule has 9 atom stereocenters. The smallest absolute Gasteiger partial charge is 0.309 e. The minimum atomic E-state index is -1.21. The van der Waals surface area contributed by atoms with Gasteiger partial charge >= 0.3 is 11.9 Å². The van der Waals surface area contributed by atoms with Crippen LogP contribution in [0.4, 0.5) is 0 Å². The summed E-state index contributed by atoms with van der Waals surface area (Å²) in [4.78, 5) is 76.2. The average molecular weight is 778 g/mol. The van der Waals surface area contributed by atoms with Gasteiger partial charge in [0, 0.05) is 30.1 Å². The minimum absolute atomic E-state index is 0.0230. The Labute approximate surface area is 330 Å². The number of carboxylic acids is 1. The highest BCUT2D eigenvalue weighted by Gasteiger charge is 2.70. The molecule has 300 valence electrons. The van der Waals surface area contributed by atoms with E-state index in [2.05, 4.69) is 63.8 Å². The zero-order chi connectivity index (χ0) is 40.3. The summed E-state index contributed by atoms with van der Waals surface area (Å²) in [5.41, 5.74) is -0.885. The number of nitrogens with zero attached hydrogens (tertiary/aromatic N) is 2. The van der Waals surface area contributed by atoms with Gasteiger partial charge in [-0.3, -0.25) is 24.0 Å². The highest BCUT2D eigenvalue weighted by atomic mass is 35.5. The number of ether oxygens (including phenoxy) is 1. The first-order valence-corrected chi connectivity index (χ1v) is 20.9. The number of amides is 1. The van der Waals surface area contributed by atoms with Gasteiger partial charge in [-0.05, 0) is 123 Å². The number of aliphatic carboxylic acids is 1. The molecule has 0 saturated heterocycles. The monoisotopic (exact) mass is 777 g/mol. The second-order valence-electron chi connectivity index (χ2n) is 20.5. The van der Waals surface area contributed by atoms with E-state index in [4.69, 9.17) is 16.3 Å². The first-order valence-electron chi connectivity index (χ1n) is 20.6. The van der Waals surface area contributed by atoms with E-state index in [1.807, 2.05) is 0 Å². The number of carboxylic acid groups (broad SMARTS) is 1. The molecular weight excluding hydrogens is 718 g/mol. The predicted octanol–water partition coefficient (Wildman–Crippen LogP) is 8.05. The van der Waals surface area contributed by atoms with E-state index in [9.17, 15) is 29.1 Å². The number of rotatable bonds is 9. The van der Waals surface area contributed by atoms with Crippen molar-refractivity contribution in [3.8, 4) is 0 Å². The zero-order valence-corrected chi connectivity index (χ0v) is 34.9. The molecule has 6 aliphatic rings. The Morgan fingerprint density at radius 2 is 1.60 bits per heavy atom. The van der Waals surface area contributed by atoms with Crippen molar-refractivity contribution in [1.29, 1.82) is 0 Å². The van der Waals surface area contributed by atoms with E-state index < -0.39 is 40.5 Å². The number of carbonyl (C=O) groups is 5. The van der Waals surface area contributed by atoms with Crippen LogP contribution in [0.3, 0.4) is 0 Å². The molecule has 55 heavy (non-hydrogen) atoms. The van der Waals surface area contributed by atoms with Crippen LogP contribution in [0.5, 0.6) is 0 Å². The summed E-state index contributed by atoms with van der Waals surface area (Å²) >= 11 is 6.05. The van der Waals surface area contributed by atoms with Gasteiger partial charge in [0.2, 0.25) is 5.78 Å². The van der Waals surface area contributed by atoms with E-state index >= 15 is 0 Å². The Hall–Kier alpha value is -3.14. The number of hydrogen-bond donors (Lipinski definition) is 2. The van der Waals surface area contributed by atoms with Gasteiger partial charge < -0.3 is 15.2 Å². The molecule has 1 amide bonds. The Balaban J connectivity index is 1.19. The van der Waals surface area contributed by atoms with Crippen LogP contribution >= 0.6 is 11.6 Å². The maximum Gasteiger partial charge on any atom is 0.309 e. The number of ketones is 2. The van der Waals surface area contributed by atoms with Crippen LogP contribution < -0.4 is 5.32 Å². The largest absolute Gasteiger partial charge is 0.481 e. The quantitative estimate of drug-likeness (QED) is 0.187. The fourth-order valence-electron chi connectivity index (χ4n) is 13.3. The average Bonchev–Trinajstić information content (AvgIpc) is 3.78. The molecule has 5 fully saturated rings. The van der Waals surface area contributed by atoms with Gasteiger partial charge in [0.05, 0.1) is 16.9 Å². The van der Waals surface area contributed by atoms with Gasteiger partial charge in [-0.2, -0.15) is 0 Å². The third-order valence-corrected chi connectivity index (χ3v) is 16.6. The van der Waals surface area contributed by atoms with E-state index in [-0.39, 0.29) is 70.1 Å². The Bertz CT molecular complexity index is 1850. The summed E-state index contributed by atoms with van der Waals surface area (Å²) in [5.74, 6) is -2.11. The molecular formula is C44H60ClN3O7. The molecule has 1 unspecified atom stereocenters. The first-order chi connectivity index (χ1) is 25.5. The second kappa shape index (κ2) is 13.2. The maximum absolute atomic E-state index is 14.6. The highest BCUT2D eigenvalue weighted by molar-refractivity contribution is 6.37. The molecule has 0 aliphatic heterocycles. The number of aromatic nitrogens is 2. The van der Waals surface area contributed by atoms with Crippen molar-refractivity contribution in [3.63, 3.8) is 0 Å². The molecule has 10 nitrogen and oxygen atoms in total.